The first-order chi connectivity index (χ1) is 17.7. The molecule has 1 fully saturated rings. The summed E-state index contributed by atoms with van der Waals surface area (Å²) in [5, 5.41) is 36.0. The van der Waals surface area contributed by atoms with Crippen molar-refractivity contribution in [1.82, 2.24) is 36.1 Å². The lowest BCUT2D eigenvalue weighted by Crippen LogP contribution is -2.51. The predicted molar refractivity (Wildman–Crippen MR) is 124 cm³/mol. The van der Waals surface area contributed by atoms with Gasteiger partial charge in [0.05, 0.1) is 27.4 Å². The lowest BCUT2D eigenvalue weighted by atomic mass is 9.96. The first kappa shape index (κ1) is 27.1. The smallest absolute Gasteiger partial charge is 0.475 e. The standard InChI is InChI=1S/C17H16N8O4S2.C2HF3O2/c18-31(28,29)16-14(30(26,27)9-6-19-7-9)5-4-11(15(16)17-22-24-25-23-17)10-2-1-3-13-12(10)8-20-21-13;3-2(4,5)1(6)7/h1-5,8-9,19H,6-7H2,(H,20,21)(H2,18,28,29)(H,22,23,24,25);(H,6,7). The quantitative estimate of drug-likeness (QED) is 0.220. The zero-order chi connectivity index (χ0) is 27.9. The molecular formula is C19H17F3N8O6S2. The van der Waals surface area contributed by atoms with Crippen molar-refractivity contribution in [2.75, 3.05) is 13.1 Å². The molecule has 0 aliphatic carbocycles. The van der Waals surface area contributed by atoms with E-state index in [1.807, 2.05) is 6.07 Å². The highest BCUT2D eigenvalue weighted by Gasteiger charge is 2.39. The Morgan fingerprint density at radius 2 is 1.76 bits per heavy atom. The first-order valence-corrected chi connectivity index (χ1v) is 13.4. The molecular weight excluding hydrogens is 557 g/mol. The largest absolute Gasteiger partial charge is 0.490 e. The Kier molecular flexibility index (Phi) is 6.95. The summed E-state index contributed by atoms with van der Waals surface area (Å²) in [4.78, 5) is 7.95. The van der Waals surface area contributed by atoms with Crippen molar-refractivity contribution < 1.29 is 39.9 Å². The van der Waals surface area contributed by atoms with E-state index in [9.17, 15) is 30.0 Å². The average molecular weight is 575 g/mol. The summed E-state index contributed by atoms with van der Waals surface area (Å²) in [6.07, 6.45) is -3.49. The van der Waals surface area contributed by atoms with Crippen molar-refractivity contribution in [3.8, 4) is 22.5 Å². The molecule has 2 aromatic heterocycles. The number of aliphatic carboxylic acids is 1. The summed E-state index contributed by atoms with van der Waals surface area (Å²) in [5.74, 6) is -2.85. The van der Waals surface area contributed by atoms with E-state index in [1.54, 1.807) is 18.3 Å². The van der Waals surface area contributed by atoms with Crippen LogP contribution in [0.5, 0.6) is 0 Å². The molecule has 1 aliphatic heterocycles. The lowest BCUT2D eigenvalue weighted by Gasteiger charge is -2.28. The number of aromatic nitrogens is 6. The summed E-state index contributed by atoms with van der Waals surface area (Å²) in [6, 6.07) is 8.13. The number of H-pyrrole nitrogens is 2. The number of nitrogens with zero attached hydrogens (tertiary/aromatic N) is 4. The number of carbonyl (C=O) groups is 1. The van der Waals surface area contributed by atoms with Crippen molar-refractivity contribution >= 4 is 36.7 Å². The van der Waals surface area contributed by atoms with Crippen molar-refractivity contribution in [3.05, 3.63) is 36.5 Å². The van der Waals surface area contributed by atoms with Crippen LogP contribution in [0.1, 0.15) is 0 Å². The van der Waals surface area contributed by atoms with Gasteiger partial charge in [-0.15, -0.1) is 10.2 Å². The fourth-order valence-corrected chi connectivity index (χ4v) is 6.83. The second kappa shape index (κ2) is 9.74. The number of rotatable bonds is 5. The molecule has 5 rings (SSSR count). The highest BCUT2D eigenvalue weighted by Crippen LogP contribution is 2.41. The van der Waals surface area contributed by atoms with Gasteiger partial charge in [-0.1, -0.05) is 18.2 Å². The highest BCUT2D eigenvalue weighted by molar-refractivity contribution is 7.94. The molecule has 0 unspecified atom stereocenters. The second-order valence-corrected chi connectivity index (χ2v) is 11.6. The molecule has 202 valence electrons. The molecule has 0 bridgehead atoms. The molecule has 0 spiro atoms. The molecule has 0 radical (unpaired) electrons. The summed E-state index contributed by atoms with van der Waals surface area (Å²) in [6.45, 7) is 0.444. The van der Waals surface area contributed by atoms with Crippen LogP contribution in [0, 0.1) is 0 Å². The third-order valence-electron chi connectivity index (χ3n) is 5.48. The molecule has 19 heteroatoms. The van der Waals surface area contributed by atoms with Gasteiger partial charge in [0.2, 0.25) is 15.8 Å². The number of carboxylic acid groups (broad SMARTS) is 1. The molecule has 0 amide bonds. The van der Waals surface area contributed by atoms with Crippen LogP contribution in [0.2, 0.25) is 0 Å². The monoisotopic (exact) mass is 574 g/mol. The number of primary sulfonamides is 1. The molecule has 2 aromatic carbocycles. The van der Waals surface area contributed by atoms with Crippen LogP contribution >= 0.6 is 0 Å². The van der Waals surface area contributed by atoms with Gasteiger partial charge in [0, 0.05) is 18.5 Å². The Morgan fingerprint density at radius 1 is 1.08 bits per heavy atom. The van der Waals surface area contributed by atoms with Gasteiger partial charge in [0.15, 0.2) is 9.84 Å². The van der Waals surface area contributed by atoms with E-state index in [-0.39, 0.29) is 29.4 Å². The number of hydrogen-bond donors (Lipinski definition) is 5. The topological polar surface area (TPSA) is 227 Å². The van der Waals surface area contributed by atoms with Crippen LogP contribution in [-0.2, 0) is 24.7 Å². The van der Waals surface area contributed by atoms with Gasteiger partial charge < -0.3 is 10.4 Å². The molecule has 1 aliphatic rings. The maximum Gasteiger partial charge on any atom is 0.490 e. The van der Waals surface area contributed by atoms with Gasteiger partial charge in [-0.2, -0.15) is 23.5 Å². The molecule has 1 saturated heterocycles. The fraction of sp³-hybridized carbons (Fsp3) is 0.211. The zero-order valence-corrected chi connectivity index (χ0v) is 20.4. The SMILES string of the molecule is NS(=O)(=O)c1c(S(=O)(=O)C2CNC2)ccc(-c2cccc3[nH]ncc23)c1-c1nn[nH]n1.O=C(O)C(F)(F)F. The lowest BCUT2D eigenvalue weighted by molar-refractivity contribution is -0.192. The Labute approximate surface area is 211 Å². The van der Waals surface area contributed by atoms with E-state index in [1.165, 1.54) is 12.1 Å². The number of hydrogen-bond acceptors (Lipinski definition) is 10. The number of benzene rings is 2. The number of sulfone groups is 1. The van der Waals surface area contributed by atoms with Gasteiger partial charge in [0.1, 0.15) is 4.90 Å². The van der Waals surface area contributed by atoms with Gasteiger partial charge in [-0.05, 0) is 28.5 Å². The molecule has 0 saturated carbocycles. The van der Waals surface area contributed by atoms with Crippen LogP contribution in [0.4, 0.5) is 13.2 Å². The minimum atomic E-state index is -5.08. The summed E-state index contributed by atoms with van der Waals surface area (Å²) >= 11 is 0. The fourth-order valence-electron chi connectivity index (χ4n) is 3.65. The van der Waals surface area contributed by atoms with E-state index in [0.717, 1.165) is 0 Å². The molecule has 3 heterocycles. The Morgan fingerprint density at radius 3 is 2.29 bits per heavy atom. The number of halogens is 3. The van der Waals surface area contributed by atoms with E-state index >= 15 is 0 Å². The average Bonchev–Trinajstić information content (AvgIpc) is 3.47. The maximum absolute atomic E-state index is 13.2. The minimum Gasteiger partial charge on any atom is -0.475 e. The summed E-state index contributed by atoms with van der Waals surface area (Å²) < 4.78 is 83.6. The van der Waals surface area contributed by atoms with Crippen LogP contribution < -0.4 is 10.5 Å². The van der Waals surface area contributed by atoms with Crippen molar-refractivity contribution in [3.63, 3.8) is 0 Å². The van der Waals surface area contributed by atoms with E-state index in [2.05, 4.69) is 36.1 Å². The molecule has 38 heavy (non-hydrogen) atoms. The van der Waals surface area contributed by atoms with Crippen molar-refractivity contribution in [2.45, 2.75) is 21.2 Å². The minimum absolute atomic E-state index is 0.0432. The number of carboxylic acids is 1. The third kappa shape index (κ3) is 5.08. The van der Waals surface area contributed by atoms with Gasteiger partial charge in [-0.25, -0.2) is 26.8 Å². The first-order valence-electron chi connectivity index (χ1n) is 10.3. The zero-order valence-electron chi connectivity index (χ0n) is 18.8. The Bertz CT molecular complexity index is 1720. The van der Waals surface area contributed by atoms with Crippen LogP contribution in [-0.4, -0.2) is 83.2 Å². The number of aromatic amines is 2. The van der Waals surface area contributed by atoms with Gasteiger partial charge in [-0.3, -0.25) is 5.10 Å². The van der Waals surface area contributed by atoms with Crippen LogP contribution in [0.15, 0.2) is 46.3 Å². The van der Waals surface area contributed by atoms with Gasteiger partial charge in [0.25, 0.3) is 0 Å². The van der Waals surface area contributed by atoms with Crippen molar-refractivity contribution in [1.29, 1.82) is 0 Å². The molecule has 6 N–H and O–H groups in total. The number of nitrogens with one attached hydrogen (secondary N) is 3. The van der Waals surface area contributed by atoms with E-state index < -0.39 is 42.2 Å². The van der Waals surface area contributed by atoms with Crippen LogP contribution in [0.25, 0.3) is 33.4 Å². The Balaban J connectivity index is 0.000000426. The van der Waals surface area contributed by atoms with Crippen LogP contribution in [0.3, 0.4) is 0 Å². The van der Waals surface area contributed by atoms with E-state index in [0.29, 0.717) is 22.0 Å². The highest BCUT2D eigenvalue weighted by atomic mass is 32.2. The number of sulfonamides is 1. The summed E-state index contributed by atoms with van der Waals surface area (Å²) in [7, 11) is -8.49. The molecule has 4 aromatic rings. The second-order valence-electron chi connectivity index (χ2n) is 7.86. The molecule has 14 nitrogen and oxygen atoms in total. The Hall–Kier alpha value is -3.94. The third-order valence-corrected chi connectivity index (χ3v) is 8.77. The summed E-state index contributed by atoms with van der Waals surface area (Å²) in [5.41, 5.74) is 1.65. The van der Waals surface area contributed by atoms with Crippen molar-refractivity contribution in [2.24, 2.45) is 5.14 Å². The number of tetrazole rings is 1. The number of nitrogens with two attached hydrogens (primary N) is 1. The number of fused-ring (bicyclic) bond motifs is 1. The predicted octanol–water partition coefficient (Wildman–Crippen LogP) is 0.436. The normalized spacial score (nSPS) is 14.5. The molecule has 0 atom stereocenters. The van der Waals surface area contributed by atoms with E-state index in [4.69, 9.17) is 15.0 Å². The maximum atomic E-state index is 13.2. The number of alkyl halides is 3. The van der Waals surface area contributed by atoms with Gasteiger partial charge >= 0.3 is 12.1 Å².